The lowest BCUT2D eigenvalue weighted by atomic mass is 10.00. The predicted octanol–water partition coefficient (Wildman–Crippen LogP) is 4.86. The van der Waals surface area contributed by atoms with E-state index in [0.717, 1.165) is 28.0 Å². The Morgan fingerprint density at radius 1 is 0.731 bits per heavy atom. The first-order chi connectivity index (χ1) is 12.8. The largest absolute Gasteiger partial charge is 0.497 e. The second-order valence-electron chi connectivity index (χ2n) is 5.64. The topological polar surface area (TPSA) is 57.2 Å². The Hall–Kier alpha value is -2.86. The minimum Gasteiger partial charge on any atom is -0.497 e. The highest BCUT2D eigenvalue weighted by molar-refractivity contribution is 5.64. The van der Waals surface area contributed by atoms with E-state index in [1.165, 1.54) is 0 Å². The van der Waals surface area contributed by atoms with E-state index in [0.29, 0.717) is 5.75 Å². The van der Waals surface area contributed by atoms with Gasteiger partial charge in [-0.3, -0.25) is 5.26 Å². The molecule has 0 fully saturated rings. The fourth-order valence-electron chi connectivity index (χ4n) is 2.57. The average molecular weight is 352 g/mol. The molecule has 26 heavy (non-hydrogen) atoms. The molecule has 3 aromatic carbocycles. The fraction of sp³-hybridized carbons (Fsp3) is 0.143. The molecule has 0 unspecified atom stereocenters. The molecule has 5 heteroatoms. The van der Waals surface area contributed by atoms with Gasteiger partial charge in [0.25, 0.3) is 0 Å². The molecule has 0 atom stereocenters. The van der Waals surface area contributed by atoms with Gasteiger partial charge in [-0.15, -0.1) is 0 Å². The lowest BCUT2D eigenvalue weighted by Crippen LogP contribution is -2.03. The number of hydrogen-bond acceptors (Lipinski definition) is 5. The van der Waals surface area contributed by atoms with Gasteiger partial charge in [0.15, 0.2) is 5.75 Å². The highest BCUT2D eigenvalue weighted by Gasteiger charge is 2.08. The minimum absolute atomic E-state index is 0.0797. The van der Waals surface area contributed by atoms with Crippen LogP contribution in [0.2, 0.25) is 0 Å². The van der Waals surface area contributed by atoms with E-state index in [-0.39, 0.29) is 13.2 Å². The molecule has 1 N–H and O–H groups in total. The van der Waals surface area contributed by atoms with Crippen molar-refractivity contribution in [3.8, 4) is 22.6 Å². The molecule has 0 bridgehead atoms. The molecular formula is C21H20O5. The van der Waals surface area contributed by atoms with Gasteiger partial charge in [0.2, 0.25) is 0 Å². The minimum atomic E-state index is 0.0797. The summed E-state index contributed by atoms with van der Waals surface area (Å²) in [5.41, 5.74) is 3.84. The van der Waals surface area contributed by atoms with E-state index in [1.54, 1.807) is 31.4 Å². The summed E-state index contributed by atoms with van der Waals surface area (Å²) in [5.74, 6) is 1.32. The number of methoxy groups -OCH3 is 1. The van der Waals surface area contributed by atoms with Crippen LogP contribution in [0.25, 0.3) is 11.1 Å². The van der Waals surface area contributed by atoms with Crippen molar-refractivity contribution >= 4 is 0 Å². The Labute approximate surface area is 152 Å². The molecule has 3 aromatic rings. The van der Waals surface area contributed by atoms with Crippen LogP contribution in [-0.2, 0) is 23.0 Å². The van der Waals surface area contributed by atoms with Crippen molar-refractivity contribution in [2.45, 2.75) is 13.2 Å². The predicted molar refractivity (Wildman–Crippen MR) is 97.7 cm³/mol. The number of benzene rings is 3. The van der Waals surface area contributed by atoms with Gasteiger partial charge in [-0.25, -0.2) is 4.89 Å². The van der Waals surface area contributed by atoms with E-state index >= 15 is 0 Å². The molecule has 0 aromatic heterocycles. The Morgan fingerprint density at radius 2 is 1.46 bits per heavy atom. The summed E-state index contributed by atoms with van der Waals surface area (Å²) in [4.78, 5) is 15.0. The summed E-state index contributed by atoms with van der Waals surface area (Å²) in [5, 5.41) is 8.80. The van der Waals surface area contributed by atoms with Gasteiger partial charge in [0.05, 0.1) is 7.11 Å². The van der Waals surface area contributed by atoms with Crippen LogP contribution in [-0.4, -0.2) is 12.4 Å². The summed E-state index contributed by atoms with van der Waals surface area (Å²) in [7, 11) is 1.61. The zero-order valence-corrected chi connectivity index (χ0v) is 14.4. The van der Waals surface area contributed by atoms with E-state index in [1.807, 2.05) is 48.5 Å². The van der Waals surface area contributed by atoms with E-state index in [2.05, 4.69) is 4.89 Å². The first-order valence-corrected chi connectivity index (χ1v) is 8.17. The quantitative estimate of drug-likeness (QED) is 0.463. The Kier molecular flexibility index (Phi) is 6.22. The highest BCUT2D eigenvalue weighted by atomic mass is 17.2. The average Bonchev–Trinajstić information content (AvgIpc) is 2.70. The molecule has 5 nitrogen and oxygen atoms in total. The molecule has 134 valence electrons. The first-order valence-electron chi connectivity index (χ1n) is 8.17. The van der Waals surface area contributed by atoms with Crippen molar-refractivity contribution < 1.29 is 24.7 Å². The second kappa shape index (κ2) is 9.01. The van der Waals surface area contributed by atoms with Crippen molar-refractivity contribution in [2.75, 3.05) is 7.11 Å². The van der Waals surface area contributed by atoms with Crippen LogP contribution in [0.1, 0.15) is 11.1 Å². The van der Waals surface area contributed by atoms with Crippen LogP contribution >= 0.6 is 0 Å². The van der Waals surface area contributed by atoms with Gasteiger partial charge in [0.1, 0.15) is 19.0 Å². The molecule has 3 rings (SSSR count). The van der Waals surface area contributed by atoms with Crippen LogP contribution in [0.3, 0.4) is 0 Å². The number of hydrogen-bond donors (Lipinski definition) is 1. The Bertz CT molecular complexity index is 816. The van der Waals surface area contributed by atoms with Gasteiger partial charge in [-0.2, -0.15) is 4.89 Å². The Morgan fingerprint density at radius 3 is 2.15 bits per heavy atom. The lowest BCUT2D eigenvalue weighted by Gasteiger charge is -2.12. The molecule has 0 aliphatic rings. The van der Waals surface area contributed by atoms with Crippen LogP contribution in [0.15, 0.2) is 72.8 Å². The van der Waals surface area contributed by atoms with Gasteiger partial charge >= 0.3 is 0 Å². The lowest BCUT2D eigenvalue weighted by molar-refractivity contribution is -0.253. The van der Waals surface area contributed by atoms with Crippen LogP contribution in [0, 0.1) is 0 Å². The zero-order valence-electron chi connectivity index (χ0n) is 14.4. The molecule has 0 aliphatic heterocycles. The number of ether oxygens (including phenoxy) is 1. The maximum absolute atomic E-state index is 8.80. The Balaban J connectivity index is 1.71. The van der Waals surface area contributed by atoms with E-state index in [9.17, 15) is 0 Å². The molecule has 0 spiro atoms. The summed E-state index contributed by atoms with van der Waals surface area (Å²) < 4.78 is 5.11. The summed E-state index contributed by atoms with van der Waals surface area (Å²) in [6, 6.07) is 23.0. The van der Waals surface area contributed by atoms with Crippen LogP contribution < -0.4 is 9.62 Å². The number of rotatable bonds is 8. The second-order valence-corrected chi connectivity index (χ2v) is 5.64. The standard InChI is InChI=1S/C21H20O5/c1-23-20-9-11-21(12-10-20)26-25-15-19-13-17(7-8-18(19)14-24-22)16-5-3-2-4-6-16/h2-13,22H,14-15H2,1H3. The molecule has 0 amide bonds. The summed E-state index contributed by atoms with van der Waals surface area (Å²) in [6.45, 7) is 0.293. The van der Waals surface area contributed by atoms with Crippen molar-refractivity contribution in [1.29, 1.82) is 0 Å². The van der Waals surface area contributed by atoms with Gasteiger partial charge in [-0.1, -0.05) is 42.5 Å². The van der Waals surface area contributed by atoms with Gasteiger partial charge < -0.3 is 9.62 Å². The normalized spacial score (nSPS) is 10.5. The van der Waals surface area contributed by atoms with E-state index in [4.69, 9.17) is 19.8 Å². The molecule has 0 saturated carbocycles. The van der Waals surface area contributed by atoms with Crippen molar-refractivity contribution in [3.05, 3.63) is 83.9 Å². The van der Waals surface area contributed by atoms with Gasteiger partial charge in [-0.05, 0) is 52.6 Å². The van der Waals surface area contributed by atoms with E-state index < -0.39 is 0 Å². The third kappa shape index (κ3) is 4.61. The highest BCUT2D eigenvalue weighted by Crippen LogP contribution is 2.24. The third-order valence-electron chi connectivity index (χ3n) is 3.96. The van der Waals surface area contributed by atoms with Crippen LogP contribution in [0.4, 0.5) is 0 Å². The smallest absolute Gasteiger partial charge is 0.165 e. The zero-order chi connectivity index (χ0) is 18.2. The van der Waals surface area contributed by atoms with Gasteiger partial charge in [0, 0.05) is 0 Å². The summed E-state index contributed by atoms with van der Waals surface area (Å²) >= 11 is 0. The SMILES string of the molecule is COc1ccc(OOCc2cc(-c3ccccc3)ccc2COO)cc1. The third-order valence-corrected chi connectivity index (χ3v) is 3.96. The van der Waals surface area contributed by atoms with Crippen LogP contribution in [0.5, 0.6) is 11.5 Å². The van der Waals surface area contributed by atoms with Crippen molar-refractivity contribution in [3.63, 3.8) is 0 Å². The molecule has 0 radical (unpaired) electrons. The molecule has 0 heterocycles. The monoisotopic (exact) mass is 352 g/mol. The molecular weight excluding hydrogens is 332 g/mol. The fourth-order valence-corrected chi connectivity index (χ4v) is 2.57. The molecule has 0 saturated heterocycles. The molecule has 0 aliphatic carbocycles. The summed E-state index contributed by atoms with van der Waals surface area (Å²) in [6.07, 6.45) is 0. The maximum Gasteiger partial charge on any atom is 0.165 e. The first kappa shape index (κ1) is 17.9. The van der Waals surface area contributed by atoms with Crippen molar-refractivity contribution in [1.82, 2.24) is 0 Å². The van der Waals surface area contributed by atoms with Crippen molar-refractivity contribution in [2.24, 2.45) is 0 Å². The maximum atomic E-state index is 8.80.